The molecule has 1 heterocycles. The predicted molar refractivity (Wildman–Crippen MR) is 123 cm³/mol. The molecule has 2 aliphatic rings. The average Bonchev–Trinajstić information content (AvgIpc) is 3.03. The first-order chi connectivity index (χ1) is 15.3. The van der Waals surface area contributed by atoms with Crippen LogP contribution in [0.4, 0.5) is 0 Å². The van der Waals surface area contributed by atoms with Crippen molar-refractivity contribution >= 4 is 48.0 Å². The SMILES string of the molecule is [3H]OP([O-])(=S)OCCCCCCSC1CC(=O)N(CC2CCC(C(=O)NCC)CC2)C1=O. The highest BCUT2D eigenvalue weighted by atomic mass is 32.5. The molecule has 2 fully saturated rings. The third-order valence-electron chi connectivity index (χ3n) is 5.82. The van der Waals surface area contributed by atoms with Gasteiger partial charge in [0.15, 0.2) is 0 Å². The molecule has 0 bridgehead atoms. The molecule has 1 saturated heterocycles. The minimum atomic E-state index is -3.64. The maximum Gasteiger partial charge on any atom is 0.242 e. The van der Waals surface area contributed by atoms with Crippen LogP contribution in [0.2, 0.25) is 0 Å². The molecule has 0 aromatic carbocycles. The Morgan fingerprint density at radius 2 is 2.03 bits per heavy atom. The van der Waals surface area contributed by atoms with E-state index in [-0.39, 0.29) is 47.8 Å². The Hall–Kier alpha value is -0.510. The van der Waals surface area contributed by atoms with E-state index in [2.05, 4.69) is 22.0 Å². The van der Waals surface area contributed by atoms with E-state index in [9.17, 15) is 19.3 Å². The van der Waals surface area contributed by atoms with Crippen LogP contribution < -0.4 is 10.2 Å². The molecule has 2 rings (SSSR count). The fourth-order valence-electron chi connectivity index (χ4n) is 4.12. The number of unbranched alkanes of at least 4 members (excludes halogenated alkanes) is 3. The molecule has 2 atom stereocenters. The molecule has 1 aliphatic carbocycles. The first-order valence-electron chi connectivity index (χ1n) is 11.5. The maximum atomic E-state index is 12.7. The highest BCUT2D eigenvalue weighted by Gasteiger charge is 2.40. The highest BCUT2D eigenvalue weighted by molar-refractivity contribution is 8.06. The zero-order valence-corrected chi connectivity index (χ0v) is 20.6. The number of hydrogen-bond acceptors (Lipinski definition) is 8. The van der Waals surface area contributed by atoms with Crippen molar-refractivity contribution in [2.45, 2.75) is 70.0 Å². The number of nitrogens with one attached hydrogen (secondary N) is 1. The van der Waals surface area contributed by atoms with Crippen LogP contribution >= 0.6 is 18.5 Å². The molecular weight excluding hydrogens is 459 g/mol. The molecule has 178 valence electrons. The van der Waals surface area contributed by atoms with Gasteiger partial charge in [-0.25, -0.2) is 0 Å². The van der Waals surface area contributed by atoms with Crippen LogP contribution in [-0.4, -0.2) is 59.6 Å². The van der Waals surface area contributed by atoms with E-state index in [1.807, 2.05) is 6.92 Å². The zero-order valence-electron chi connectivity index (χ0n) is 19.1. The summed E-state index contributed by atoms with van der Waals surface area (Å²) in [5, 5.41) is 2.58. The summed E-state index contributed by atoms with van der Waals surface area (Å²) < 4.78 is 11.4. The van der Waals surface area contributed by atoms with Crippen molar-refractivity contribution in [3.63, 3.8) is 0 Å². The monoisotopic (exact) mass is 495 g/mol. The number of amides is 3. The molecule has 8 nitrogen and oxygen atoms in total. The third kappa shape index (κ3) is 9.48. The van der Waals surface area contributed by atoms with Gasteiger partial charge in [-0.2, -0.15) is 0 Å². The molecule has 11 heteroatoms. The largest absolute Gasteiger partial charge is 0.780 e. The quantitative estimate of drug-likeness (QED) is 0.213. The van der Waals surface area contributed by atoms with Gasteiger partial charge in [0.05, 0.1) is 11.9 Å². The molecule has 1 saturated carbocycles. The lowest BCUT2D eigenvalue weighted by molar-refractivity contribution is -0.201. The Kier molecular flexibility index (Phi) is 10.7. The Labute approximate surface area is 195 Å². The van der Waals surface area contributed by atoms with Crippen molar-refractivity contribution in [2.75, 3.05) is 25.4 Å². The Balaban J connectivity index is 1.61. The van der Waals surface area contributed by atoms with Crippen molar-refractivity contribution in [1.82, 2.24) is 10.2 Å². The number of imide groups is 1. The average molecular weight is 496 g/mol. The van der Waals surface area contributed by atoms with Gasteiger partial charge < -0.3 is 19.6 Å². The number of carbonyl (C=O) groups excluding carboxylic acids is 3. The topological polar surface area (TPSA) is 119 Å². The van der Waals surface area contributed by atoms with Crippen LogP contribution in [0.3, 0.4) is 0 Å². The summed E-state index contributed by atoms with van der Waals surface area (Å²) in [6.45, 7) is -0.407. The minimum Gasteiger partial charge on any atom is -0.780 e. The number of hydrogen-bond donors (Lipinski definition) is 2. The second kappa shape index (κ2) is 13.3. The summed E-state index contributed by atoms with van der Waals surface area (Å²) in [7, 11) is 0. The molecule has 2 unspecified atom stereocenters. The van der Waals surface area contributed by atoms with E-state index in [0.29, 0.717) is 19.5 Å². The molecule has 31 heavy (non-hydrogen) atoms. The van der Waals surface area contributed by atoms with Crippen LogP contribution in [0.15, 0.2) is 0 Å². The normalized spacial score (nSPS) is 26.6. The first kappa shape index (κ1) is 25.1. The van der Waals surface area contributed by atoms with Gasteiger partial charge in [0, 0.05) is 25.4 Å². The lowest BCUT2D eigenvalue weighted by Crippen LogP contribution is -2.38. The summed E-state index contributed by atoms with van der Waals surface area (Å²) in [6.07, 6.45) is 7.01. The van der Waals surface area contributed by atoms with Crippen molar-refractivity contribution in [2.24, 2.45) is 11.8 Å². The molecular formula is C20H34N2O6PS2-. The number of rotatable bonds is 14. The number of carbonyl (C=O) groups is 3. The van der Waals surface area contributed by atoms with Gasteiger partial charge in [-0.15, -0.1) is 11.8 Å². The lowest BCUT2D eigenvalue weighted by atomic mass is 9.81. The van der Waals surface area contributed by atoms with Gasteiger partial charge in [0.1, 0.15) is 6.72 Å². The molecule has 0 aromatic rings. The van der Waals surface area contributed by atoms with Gasteiger partial charge in [0.2, 0.25) is 19.2 Å². The van der Waals surface area contributed by atoms with Crippen LogP contribution in [-0.2, 0) is 30.7 Å². The number of thioether (sulfide) groups is 1. The van der Waals surface area contributed by atoms with Gasteiger partial charge in [-0.05, 0) is 57.1 Å². The Morgan fingerprint density at radius 1 is 1.32 bits per heavy atom. The second-order valence-electron chi connectivity index (χ2n) is 8.21. The van der Waals surface area contributed by atoms with Crippen LogP contribution in [0, 0.1) is 11.8 Å². The van der Waals surface area contributed by atoms with E-state index in [4.69, 9.17) is 5.95 Å². The minimum absolute atomic E-state index is 0.0537. The Bertz CT molecular complexity index is 693. The molecule has 0 aromatic heterocycles. The van der Waals surface area contributed by atoms with Gasteiger partial charge in [-0.1, -0.05) is 24.6 Å². The molecule has 1 aliphatic heterocycles. The van der Waals surface area contributed by atoms with Gasteiger partial charge in [0.25, 0.3) is 0 Å². The first-order valence-corrected chi connectivity index (χ1v) is 14.7. The smallest absolute Gasteiger partial charge is 0.242 e. The number of likely N-dealkylation sites (tertiary alicyclic amines) is 1. The third-order valence-corrected chi connectivity index (χ3v) is 7.93. The molecule has 0 radical (unpaired) electrons. The maximum absolute atomic E-state index is 12.7. The van der Waals surface area contributed by atoms with E-state index in [0.717, 1.165) is 50.7 Å². The molecule has 2 N–H and O–H groups in total. The van der Waals surface area contributed by atoms with Crippen LogP contribution in [0.1, 0.15) is 64.7 Å². The van der Waals surface area contributed by atoms with Gasteiger partial charge >= 0.3 is 0 Å². The predicted octanol–water partition coefficient (Wildman–Crippen LogP) is 1.94. The summed E-state index contributed by atoms with van der Waals surface area (Å²) in [4.78, 5) is 53.6. The summed E-state index contributed by atoms with van der Waals surface area (Å²) in [5.74, 6) is 1.09. The molecule has 0 spiro atoms. The van der Waals surface area contributed by atoms with Gasteiger partial charge in [-0.3, -0.25) is 19.3 Å². The fraction of sp³-hybridized carbons (Fsp3) is 0.850. The molecule has 3 amide bonds. The van der Waals surface area contributed by atoms with Crippen LogP contribution in [0.25, 0.3) is 0 Å². The van der Waals surface area contributed by atoms with Crippen molar-refractivity contribution in [3.8, 4) is 0 Å². The summed E-state index contributed by atoms with van der Waals surface area (Å²) >= 11 is 6.01. The van der Waals surface area contributed by atoms with E-state index in [1.54, 1.807) is 11.8 Å². The second-order valence-corrected chi connectivity index (χ2v) is 12.0. The van der Waals surface area contributed by atoms with Crippen LogP contribution in [0.5, 0.6) is 0 Å². The fourth-order valence-corrected chi connectivity index (χ4v) is 5.88. The zero-order chi connectivity index (χ0) is 23.6. The Morgan fingerprint density at radius 3 is 2.71 bits per heavy atom. The highest BCUT2D eigenvalue weighted by Crippen LogP contribution is 2.33. The standard InChI is InChI=1S/C20H35N2O6PS2/c1-2-21-19(24)16-9-7-15(8-10-16)14-22-18(23)13-17(20(22)25)31-12-6-4-3-5-11-28-29(26,27)30/h15-17H,2-14H2,1H3,(H,21,24)(H2,26,27,30)/p-1/i/hT. The van der Waals surface area contributed by atoms with Crippen molar-refractivity contribution < 1.29 is 28.7 Å². The van der Waals surface area contributed by atoms with Crippen molar-refractivity contribution in [1.29, 1.82) is 1.43 Å². The van der Waals surface area contributed by atoms with E-state index < -0.39 is 6.72 Å². The summed E-state index contributed by atoms with van der Waals surface area (Å²) in [5.41, 5.74) is 0. The number of nitrogens with zero attached hydrogens (tertiary/aromatic N) is 1. The van der Waals surface area contributed by atoms with Crippen molar-refractivity contribution in [3.05, 3.63) is 0 Å². The summed E-state index contributed by atoms with van der Waals surface area (Å²) in [6, 6.07) is 0. The van der Waals surface area contributed by atoms with E-state index in [1.165, 1.54) is 4.90 Å². The van der Waals surface area contributed by atoms with E-state index >= 15 is 0 Å². The lowest BCUT2D eigenvalue weighted by Gasteiger charge is -2.30.